The quantitative estimate of drug-likeness (QED) is 0.726. The molecule has 30 heavy (non-hydrogen) atoms. The Kier molecular flexibility index (Phi) is 5.47. The fourth-order valence-electron chi connectivity index (χ4n) is 4.15. The Morgan fingerprint density at radius 1 is 1.10 bits per heavy atom. The molecule has 2 aliphatic heterocycles. The molecule has 2 aromatic carbocycles. The molecular formula is C23H26FN3O3. The number of nitrogens with zero attached hydrogens (tertiary/aromatic N) is 3. The van der Waals surface area contributed by atoms with Crippen LogP contribution in [0.4, 0.5) is 10.1 Å². The number of amides is 2. The summed E-state index contributed by atoms with van der Waals surface area (Å²) >= 11 is 0. The smallest absolute Gasteiger partial charge is 0.280 e. The second-order valence-corrected chi connectivity index (χ2v) is 7.85. The molecule has 1 atom stereocenters. The topological polar surface area (TPSA) is 53.1 Å². The predicted molar refractivity (Wildman–Crippen MR) is 112 cm³/mol. The van der Waals surface area contributed by atoms with E-state index in [1.165, 1.54) is 12.1 Å². The van der Waals surface area contributed by atoms with E-state index in [0.29, 0.717) is 50.7 Å². The SMILES string of the molecule is CCN1C(=O)C(C)(C(=O)N2CCN(Cc3cccc(F)c3)CC2)Oc2ccccc21. The Bertz CT molecular complexity index is 958. The van der Waals surface area contributed by atoms with Crippen LogP contribution in [0.25, 0.3) is 0 Å². The first-order valence-electron chi connectivity index (χ1n) is 10.3. The van der Waals surface area contributed by atoms with Gasteiger partial charge in [-0.05, 0) is 43.7 Å². The molecule has 0 aromatic heterocycles. The van der Waals surface area contributed by atoms with E-state index in [1.54, 1.807) is 28.9 Å². The Morgan fingerprint density at radius 2 is 1.83 bits per heavy atom. The maximum atomic E-state index is 13.4. The number of rotatable bonds is 4. The summed E-state index contributed by atoms with van der Waals surface area (Å²) in [5.74, 6) is -0.357. The first-order chi connectivity index (χ1) is 14.4. The molecule has 1 saturated heterocycles. The molecule has 0 bridgehead atoms. The van der Waals surface area contributed by atoms with E-state index in [2.05, 4.69) is 4.90 Å². The fourth-order valence-corrected chi connectivity index (χ4v) is 4.15. The zero-order chi connectivity index (χ0) is 21.3. The largest absolute Gasteiger partial charge is 0.465 e. The number of para-hydroxylation sites is 2. The van der Waals surface area contributed by atoms with Gasteiger partial charge in [-0.1, -0.05) is 24.3 Å². The Balaban J connectivity index is 1.45. The average Bonchev–Trinajstić information content (AvgIpc) is 2.75. The van der Waals surface area contributed by atoms with Crippen molar-refractivity contribution < 1.29 is 18.7 Å². The first kappa shape index (κ1) is 20.3. The summed E-state index contributed by atoms with van der Waals surface area (Å²) in [6.07, 6.45) is 0. The molecule has 1 fully saturated rings. The number of ether oxygens (including phenoxy) is 1. The first-order valence-corrected chi connectivity index (χ1v) is 10.3. The molecule has 2 aromatic rings. The molecule has 1 unspecified atom stereocenters. The van der Waals surface area contributed by atoms with Gasteiger partial charge in [0.05, 0.1) is 5.69 Å². The molecule has 2 amide bonds. The molecule has 0 spiro atoms. The van der Waals surface area contributed by atoms with Gasteiger partial charge in [0.25, 0.3) is 17.4 Å². The third-order valence-corrected chi connectivity index (χ3v) is 5.80. The van der Waals surface area contributed by atoms with Gasteiger partial charge in [-0.2, -0.15) is 0 Å². The summed E-state index contributed by atoms with van der Waals surface area (Å²) in [6, 6.07) is 13.9. The lowest BCUT2D eigenvalue weighted by Gasteiger charge is -2.43. The highest BCUT2D eigenvalue weighted by molar-refractivity contribution is 6.16. The van der Waals surface area contributed by atoms with Crippen LogP contribution >= 0.6 is 0 Å². The van der Waals surface area contributed by atoms with Crippen LogP contribution in [-0.4, -0.2) is 59.9 Å². The molecule has 6 nitrogen and oxygen atoms in total. The molecule has 0 saturated carbocycles. The van der Waals surface area contributed by atoms with Crippen LogP contribution in [0.5, 0.6) is 5.75 Å². The molecule has 2 heterocycles. The van der Waals surface area contributed by atoms with Gasteiger partial charge in [0.15, 0.2) is 0 Å². The molecule has 0 aliphatic carbocycles. The van der Waals surface area contributed by atoms with Gasteiger partial charge in [-0.3, -0.25) is 14.5 Å². The van der Waals surface area contributed by atoms with E-state index in [1.807, 2.05) is 31.2 Å². The molecular weight excluding hydrogens is 385 g/mol. The number of piperazine rings is 1. The van der Waals surface area contributed by atoms with Crippen molar-refractivity contribution in [2.45, 2.75) is 26.0 Å². The van der Waals surface area contributed by atoms with Crippen molar-refractivity contribution in [2.75, 3.05) is 37.6 Å². The van der Waals surface area contributed by atoms with Gasteiger partial charge >= 0.3 is 0 Å². The van der Waals surface area contributed by atoms with Crippen molar-refractivity contribution in [1.29, 1.82) is 0 Å². The lowest BCUT2D eigenvalue weighted by Crippen LogP contribution is -2.64. The van der Waals surface area contributed by atoms with E-state index in [9.17, 15) is 14.0 Å². The summed E-state index contributed by atoms with van der Waals surface area (Å²) in [7, 11) is 0. The third-order valence-electron chi connectivity index (χ3n) is 5.80. The molecule has 0 radical (unpaired) electrons. The number of carbonyl (C=O) groups is 2. The maximum Gasteiger partial charge on any atom is 0.280 e. The predicted octanol–water partition coefficient (Wildman–Crippen LogP) is 2.67. The molecule has 7 heteroatoms. The van der Waals surface area contributed by atoms with Crippen molar-refractivity contribution >= 4 is 17.5 Å². The molecule has 158 valence electrons. The van der Waals surface area contributed by atoms with Gasteiger partial charge < -0.3 is 14.5 Å². The molecule has 4 rings (SSSR count). The van der Waals surface area contributed by atoms with Gasteiger partial charge in [-0.25, -0.2) is 4.39 Å². The van der Waals surface area contributed by atoms with Crippen LogP contribution in [0.3, 0.4) is 0 Å². The highest BCUT2D eigenvalue weighted by Crippen LogP contribution is 2.38. The second-order valence-electron chi connectivity index (χ2n) is 7.85. The van der Waals surface area contributed by atoms with Crippen molar-refractivity contribution in [3.63, 3.8) is 0 Å². The van der Waals surface area contributed by atoms with E-state index in [-0.39, 0.29) is 17.6 Å². The van der Waals surface area contributed by atoms with Crippen LogP contribution in [-0.2, 0) is 16.1 Å². The maximum absolute atomic E-state index is 13.4. The lowest BCUT2D eigenvalue weighted by atomic mass is 9.98. The van der Waals surface area contributed by atoms with Crippen LogP contribution in [0.15, 0.2) is 48.5 Å². The van der Waals surface area contributed by atoms with Crippen molar-refractivity contribution in [1.82, 2.24) is 9.80 Å². The van der Waals surface area contributed by atoms with E-state index in [0.717, 1.165) is 5.56 Å². The van der Waals surface area contributed by atoms with Gasteiger partial charge in [0.1, 0.15) is 11.6 Å². The highest BCUT2D eigenvalue weighted by atomic mass is 19.1. The number of hydrogen-bond donors (Lipinski definition) is 0. The van der Waals surface area contributed by atoms with E-state index >= 15 is 0 Å². The summed E-state index contributed by atoms with van der Waals surface area (Å²) in [5, 5.41) is 0. The molecule has 2 aliphatic rings. The van der Waals surface area contributed by atoms with Crippen LogP contribution in [0, 0.1) is 5.82 Å². The number of carbonyl (C=O) groups excluding carboxylic acids is 2. The Labute approximate surface area is 175 Å². The molecule has 0 N–H and O–H groups in total. The fraction of sp³-hybridized carbons (Fsp3) is 0.391. The number of likely N-dealkylation sites (N-methyl/N-ethyl adjacent to an activating group) is 1. The van der Waals surface area contributed by atoms with Gasteiger partial charge in [0.2, 0.25) is 0 Å². The number of anilines is 1. The van der Waals surface area contributed by atoms with Crippen molar-refractivity contribution in [3.05, 3.63) is 59.9 Å². The minimum atomic E-state index is -1.57. The third kappa shape index (κ3) is 3.65. The standard InChI is InChI=1S/C23H26FN3O3/c1-3-27-19-9-4-5-10-20(19)30-23(2,22(27)29)21(28)26-13-11-25(12-14-26)16-17-7-6-8-18(24)15-17/h4-10,15H,3,11-14,16H2,1-2H3. The van der Waals surface area contributed by atoms with Crippen LogP contribution < -0.4 is 9.64 Å². The van der Waals surface area contributed by atoms with Gasteiger partial charge in [-0.15, -0.1) is 0 Å². The summed E-state index contributed by atoms with van der Waals surface area (Å²) in [5.41, 5.74) is 0.0210. The van der Waals surface area contributed by atoms with Crippen LogP contribution in [0.2, 0.25) is 0 Å². The number of benzene rings is 2. The average molecular weight is 411 g/mol. The zero-order valence-electron chi connectivity index (χ0n) is 17.3. The highest BCUT2D eigenvalue weighted by Gasteiger charge is 2.52. The summed E-state index contributed by atoms with van der Waals surface area (Å²) in [4.78, 5) is 32.0. The normalized spacial score (nSPS) is 21.9. The summed E-state index contributed by atoms with van der Waals surface area (Å²) < 4.78 is 19.4. The minimum Gasteiger partial charge on any atom is -0.465 e. The number of fused-ring (bicyclic) bond motifs is 1. The zero-order valence-corrected chi connectivity index (χ0v) is 17.3. The van der Waals surface area contributed by atoms with E-state index in [4.69, 9.17) is 4.74 Å². The van der Waals surface area contributed by atoms with Crippen molar-refractivity contribution in [2.24, 2.45) is 0 Å². The Hall–Kier alpha value is -2.93. The van der Waals surface area contributed by atoms with E-state index < -0.39 is 5.60 Å². The summed E-state index contributed by atoms with van der Waals surface area (Å²) in [6.45, 7) is 6.84. The van der Waals surface area contributed by atoms with Crippen molar-refractivity contribution in [3.8, 4) is 5.75 Å². The van der Waals surface area contributed by atoms with Crippen LogP contribution in [0.1, 0.15) is 19.4 Å². The Morgan fingerprint density at radius 3 is 2.53 bits per heavy atom. The monoisotopic (exact) mass is 411 g/mol. The lowest BCUT2D eigenvalue weighted by molar-refractivity contribution is -0.157. The van der Waals surface area contributed by atoms with Gasteiger partial charge in [0, 0.05) is 39.3 Å². The number of hydrogen-bond acceptors (Lipinski definition) is 4. The number of halogens is 1. The second kappa shape index (κ2) is 8.07. The minimum absolute atomic E-state index is 0.247.